The summed E-state index contributed by atoms with van der Waals surface area (Å²) in [4.78, 5) is 22.6. The van der Waals surface area contributed by atoms with Gasteiger partial charge in [0.15, 0.2) is 18.1 Å². The quantitative estimate of drug-likeness (QED) is 0.790. The first-order chi connectivity index (χ1) is 9.36. The van der Waals surface area contributed by atoms with Crippen LogP contribution in [0.1, 0.15) is 20.8 Å². The average Bonchev–Trinajstić information content (AvgIpc) is 2.37. The molecule has 110 valence electrons. The van der Waals surface area contributed by atoms with Crippen LogP contribution in [-0.4, -0.2) is 35.7 Å². The van der Waals surface area contributed by atoms with Gasteiger partial charge in [-0.25, -0.2) is 4.79 Å². The number of carbonyl (C=O) groups excluding carboxylic acids is 1. The zero-order chi connectivity index (χ0) is 15.2. The molecule has 1 amide bonds. The second-order valence-corrected chi connectivity index (χ2v) is 4.65. The summed E-state index contributed by atoms with van der Waals surface area (Å²) in [5.41, 5.74) is -1.33. The van der Waals surface area contributed by atoms with Crippen LogP contribution in [0.5, 0.6) is 11.5 Å². The highest BCUT2D eigenvalue weighted by molar-refractivity contribution is 5.86. The van der Waals surface area contributed by atoms with Crippen molar-refractivity contribution in [3.63, 3.8) is 0 Å². The van der Waals surface area contributed by atoms with Gasteiger partial charge in [-0.05, 0) is 32.9 Å². The molecular weight excluding hydrogens is 262 g/mol. The molecule has 6 heteroatoms. The van der Waals surface area contributed by atoms with Gasteiger partial charge in [-0.3, -0.25) is 4.79 Å². The van der Waals surface area contributed by atoms with Gasteiger partial charge in [0, 0.05) is 0 Å². The number of aliphatic carboxylic acids is 1. The minimum atomic E-state index is -1.33. The molecule has 1 aromatic rings. The second-order valence-electron chi connectivity index (χ2n) is 4.65. The van der Waals surface area contributed by atoms with Gasteiger partial charge < -0.3 is 19.9 Å². The van der Waals surface area contributed by atoms with Crippen LogP contribution in [0.3, 0.4) is 0 Å². The summed E-state index contributed by atoms with van der Waals surface area (Å²) in [5.74, 6) is -0.637. The SMILES string of the molecule is CCOc1ccccc1OCC(=O)NC(C)(C)C(=O)O. The first-order valence-corrected chi connectivity index (χ1v) is 6.26. The molecule has 0 aliphatic carbocycles. The van der Waals surface area contributed by atoms with Crippen LogP contribution in [0.2, 0.25) is 0 Å². The number of carbonyl (C=O) groups is 2. The zero-order valence-electron chi connectivity index (χ0n) is 11.8. The highest BCUT2D eigenvalue weighted by Crippen LogP contribution is 2.26. The van der Waals surface area contributed by atoms with Crippen molar-refractivity contribution < 1.29 is 24.2 Å². The highest BCUT2D eigenvalue weighted by Gasteiger charge is 2.28. The van der Waals surface area contributed by atoms with Crippen molar-refractivity contribution in [2.24, 2.45) is 0 Å². The van der Waals surface area contributed by atoms with Gasteiger partial charge in [-0.2, -0.15) is 0 Å². The van der Waals surface area contributed by atoms with Crippen molar-refractivity contribution in [3.05, 3.63) is 24.3 Å². The van der Waals surface area contributed by atoms with Gasteiger partial charge in [0.25, 0.3) is 5.91 Å². The molecule has 1 rings (SSSR count). The Balaban J connectivity index is 2.59. The summed E-state index contributed by atoms with van der Waals surface area (Å²) in [7, 11) is 0. The summed E-state index contributed by atoms with van der Waals surface area (Å²) in [6.45, 7) is 4.86. The van der Waals surface area contributed by atoms with Crippen molar-refractivity contribution in [2.45, 2.75) is 26.3 Å². The Bertz CT molecular complexity index is 484. The molecule has 0 radical (unpaired) electrons. The molecule has 0 bridgehead atoms. The minimum Gasteiger partial charge on any atom is -0.490 e. The molecule has 0 aliphatic heterocycles. The van der Waals surface area contributed by atoms with Gasteiger partial charge in [0.05, 0.1) is 6.61 Å². The van der Waals surface area contributed by atoms with E-state index in [4.69, 9.17) is 14.6 Å². The maximum Gasteiger partial charge on any atom is 0.328 e. The number of amides is 1. The van der Waals surface area contributed by atoms with E-state index in [-0.39, 0.29) is 6.61 Å². The Kier molecular flexibility index (Phi) is 5.37. The van der Waals surface area contributed by atoms with E-state index in [0.717, 1.165) is 0 Å². The number of carboxylic acids is 1. The van der Waals surface area contributed by atoms with E-state index >= 15 is 0 Å². The molecule has 2 N–H and O–H groups in total. The summed E-state index contributed by atoms with van der Waals surface area (Å²) >= 11 is 0. The van der Waals surface area contributed by atoms with Crippen molar-refractivity contribution in [2.75, 3.05) is 13.2 Å². The Morgan fingerprint density at radius 3 is 2.25 bits per heavy atom. The number of hydrogen-bond acceptors (Lipinski definition) is 4. The summed E-state index contributed by atoms with van der Waals surface area (Å²) < 4.78 is 10.7. The van der Waals surface area contributed by atoms with Crippen LogP contribution >= 0.6 is 0 Å². The molecule has 0 aliphatic rings. The highest BCUT2D eigenvalue weighted by atomic mass is 16.5. The molecule has 1 aromatic carbocycles. The van der Waals surface area contributed by atoms with Crippen molar-refractivity contribution in [1.82, 2.24) is 5.32 Å². The lowest BCUT2D eigenvalue weighted by Gasteiger charge is -2.21. The lowest BCUT2D eigenvalue weighted by Crippen LogP contribution is -2.51. The van der Waals surface area contributed by atoms with E-state index in [2.05, 4.69) is 5.32 Å². The maximum atomic E-state index is 11.7. The van der Waals surface area contributed by atoms with Gasteiger partial charge in [-0.15, -0.1) is 0 Å². The Morgan fingerprint density at radius 2 is 1.75 bits per heavy atom. The van der Waals surface area contributed by atoms with E-state index in [0.29, 0.717) is 18.1 Å². The van der Waals surface area contributed by atoms with Gasteiger partial charge in [0.2, 0.25) is 0 Å². The molecule has 0 heterocycles. The molecule has 0 unspecified atom stereocenters. The van der Waals surface area contributed by atoms with Crippen molar-refractivity contribution in [3.8, 4) is 11.5 Å². The fourth-order valence-corrected chi connectivity index (χ4v) is 1.43. The number of ether oxygens (including phenoxy) is 2. The Labute approximate surface area is 117 Å². The van der Waals surface area contributed by atoms with Crippen molar-refractivity contribution in [1.29, 1.82) is 0 Å². The average molecular weight is 281 g/mol. The van der Waals surface area contributed by atoms with Crippen molar-refractivity contribution >= 4 is 11.9 Å². The topological polar surface area (TPSA) is 84.9 Å². The van der Waals surface area contributed by atoms with Gasteiger partial charge in [-0.1, -0.05) is 12.1 Å². The van der Waals surface area contributed by atoms with E-state index in [9.17, 15) is 9.59 Å². The molecule has 20 heavy (non-hydrogen) atoms. The number of nitrogens with one attached hydrogen (secondary N) is 1. The molecule has 0 aromatic heterocycles. The molecule has 6 nitrogen and oxygen atoms in total. The smallest absolute Gasteiger partial charge is 0.328 e. The number of benzene rings is 1. The van der Waals surface area contributed by atoms with E-state index < -0.39 is 17.4 Å². The van der Waals surface area contributed by atoms with Crippen LogP contribution < -0.4 is 14.8 Å². The summed E-state index contributed by atoms with van der Waals surface area (Å²) in [5, 5.41) is 11.3. The van der Waals surface area contributed by atoms with E-state index in [1.807, 2.05) is 6.92 Å². The predicted octanol–water partition coefficient (Wildman–Crippen LogP) is 1.44. The van der Waals surface area contributed by atoms with Crippen LogP contribution in [-0.2, 0) is 9.59 Å². The van der Waals surface area contributed by atoms with Crippen LogP contribution in [0.25, 0.3) is 0 Å². The number of para-hydroxylation sites is 2. The molecule has 0 saturated heterocycles. The largest absolute Gasteiger partial charge is 0.490 e. The first kappa shape index (κ1) is 15.8. The molecule has 0 saturated carbocycles. The van der Waals surface area contributed by atoms with Crippen LogP contribution in [0.4, 0.5) is 0 Å². The Morgan fingerprint density at radius 1 is 1.20 bits per heavy atom. The molecule has 0 fully saturated rings. The normalized spacial score (nSPS) is 10.8. The van der Waals surface area contributed by atoms with Crippen LogP contribution in [0, 0.1) is 0 Å². The van der Waals surface area contributed by atoms with Crippen LogP contribution in [0.15, 0.2) is 24.3 Å². The molecular formula is C14H19NO5. The van der Waals surface area contributed by atoms with Gasteiger partial charge >= 0.3 is 5.97 Å². The molecule has 0 spiro atoms. The van der Waals surface area contributed by atoms with E-state index in [1.54, 1.807) is 24.3 Å². The second kappa shape index (κ2) is 6.79. The predicted molar refractivity (Wildman–Crippen MR) is 73.0 cm³/mol. The minimum absolute atomic E-state index is 0.277. The molecule has 0 atom stereocenters. The number of hydrogen-bond donors (Lipinski definition) is 2. The third-order valence-electron chi connectivity index (χ3n) is 2.49. The van der Waals surface area contributed by atoms with Gasteiger partial charge in [0.1, 0.15) is 5.54 Å². The lowest BCUT2D eigenvalue weighted by molar-refractivity contribution is -0.146. The monoisotopic (exact) mass is 281 g/mol. The summed E-state index contributed by atoms with van der Waals surface area (Å²) in [6, 6.07) is 6.97. The number of carboxylic acid groups (broad SMARTS) is 1. The number of rotatable bonds is 7. The first-order valence-electron chi connectivity index (χ1n) is 6.26. The third kappa shape index (κ3) is 4.46. The fourth-order valence-electron chi connectivity index (χ4n) is 1.43. The van der Waals surface area contributed by atoms with E-state index in [1.165, 1.54) is 13.8 Å². The standard InChI is InChI=1S/C14H19NO5/c1-4-19-10-7-5-6-8-11(10)20-9-12(16)15-14(2,3)13(17)18/h5-8H,4,9H2,1-3H3,(H,15,16)(H,17,18). The summed E-state index contributed by atoms with van der Waals surface area (Å²) in [6.07, 6.45) is 0. The maximum absolute atomic E-state index is 11.7. The lowest BCUT2D eigenvalue weighted by atomic mass is 10.1. The Hall–Kier alpha value is -2.24. The fraction of sp³-hybridized carbons (Fsp3) is 0.429. The third-order valence-corrected chi connectivity index (χ3v) is 2.49. The zero-order valence-corrected chi connectivity index (χ0v) is 11.8.